The van der Waals surface area contributed by atoms with E-state index in [0.29, 0.717) is 24.6 Å². The minimum Gasteiger partial charge on any atom is -0.493 e. The average Bonchev–Trinajstić information content (AvgIpc) is 3.16. The first-order valence-corrected chi connectivity index (χ1v) is 11.2. The van der Waals surface area contributed by atoms with E-state index in [0.717, 1.165) is 30.8 Å². The van der Waals surface area contributed by atoms with Crippen molar-refractivity contribution in [1.29, 1.82) is 0 Å². The molecule has 1 amide bonds. The summed E-state index contributed by atoms with van der Waals surface area (Å²) in [5, 5.41) is 0. The minimum atomic E-state index is -3.11. The molecule has 2 unspecified atom stereocenters. The van der Waals surface area contributed by atoms with Crippen LogP contribution in [0.3, 0.4) is 0 Å². The van der Waals surface area contributed by atoms with Gasteiger partial charge in [-0.15, -0.1) is 0 Å². The van der Waals surface area contributed by atoms with Crippen molar-refractivity contribution < 1.29 is 17.9 Å². The molecule has 1 aromatic rings. The number of ether oxygens (including phenoxy) is 1. The zero-order valence-corrected chi connectivity index (χ0v) is 16.2. The van der Waals surface area contributed by atoms with E-state index in [9.17, 15) is 13.2 Å². The lowest BCUT2D eigenvalue weighted by molar-refractivity contribution is 0.0297. The van der Waals surface area contributed by atoms with E-state index in [1.54, 1.807) is 11.0 Å². The molecule has 0 aromatic heterocycles. The molecule has 3 heterocycles. The fourth-order valence-electron chi connectivity index (χ4n) is 4.46. The van der Waals surface area contributed by atoms with Gasteiger partial charge in [0.05, 0.1) is 24.2 Å². The molecule has 7 heteroatoms. The third kappa shape index (κ3) is 3.22. The van der Waals surface area contributed by atoms with Crippen LogP contribution in [0.5, 0.6) is 5.75 Å². The van der Waals surface area contributed by atoms with E-state index in [4.69, 9.17) is 4.74 Å². The first-order valence-electron chi connectivity index (χ1n) is 9.35. The zero-order valence-electron chi connectivity index (χ0n) is 15.3. The highest BCUT2D eigenvalue weighted by molar-refractivity contribution is 7.91. The number of hydrogen-bond donors (Lipinski definition) is 0. The van der Waals surface area contributed by atoms with E-state index < -0.39 is 9.84 Å². The van der Waals surface area contributed by atoms with Crippen molar-refractivity contribution in [3.05, 3.63) is 29.3 Å². The van der Waals surface area contributed by atoms with Crippen LogP contribution in [0.1, 0.15) is 29.8 Å². The SMILES string of the molecule is CC(C)CN1CCN(C(=O)c2ccc3c(c2)CCO3)C2CS(=O)(=O)CC21. The summed E-state index contributed by atoms with van der Waals surface area (Å²) in [4.78, 5) is 17.2. The topological polar surface area (TPSA) is 66.9 Å². The molecule has 2 atom stereocenters. The number of hydrogen-bond acceptors (Lipinski definition) is 5. The van der Waals surface area contributed by atoms with Crippen molar-refractivity contribution >= 4 is 15.7 Å². The molecule has 2 saturated heterocycles. The number of sulfone groups is 1. The summed E-state index contributed by atoms with van der Waals surface area (Å²) < 4.78 is 30.1. The number of piperazine rings is 1. The molecule has 0 bridgehead atoms. The lowest BCUT2D eigenvalue weighted by atomic mass is 10.0. The van der Waals surface area contributed by atoms with Crippen LogP contribution in [0, 0.1) is 5.92 Å². The van der Waals surface area contributed by atoms with Gasteiger partial charge in [0.25, 0.3) is 5.91 Å². The summed E-state index contributed by atoms with van der Waals surface area (Å²) in [5.41, 5.74) is 1.69. The lowest BCUT2D eigenvalue weighted by Crippen LogP contribution is -2.61. The second kappa shape index (κ2) is 6.53. The molecule has 6 nitrogen and oxygen atoms in total. The Morgan fingerprint density at radius 3 is 2.77 bits per heavy atom. The molecule has 3 aliphatic rings. The first-order chi connectivity index (χ1) is 12.3. The van der Waals surface area contributed by atoms with Crippen molar-refractivity contribution in [3.8, 4) is 5.75 Å². The summed E-state index contributed by atoms with van der Waals surface area (Å²) in [6.07, 6.45) is 0.819. The summed E-state index contributed by atoms with van der Waals surface area (Å²) in [7, 11) is -3.11. The first kappa shape index (κ1) is 17.8. The van der Waals surface area contributed by atoms with Gasteiger partial charge in [0, 0.05) is 37.7 Å². The number of fused-ring (bicyclic) bond motifs is 2. The third-order valence-corrected chi connectivity index (χ3v) is 7.29. The molecule has 0 saturated carbocycles. The monoisotopic (exact) mass is 378 g/mol. The molecule has 142 valence electrons. The predicted octanol–water partition coefficient (Wildman–Crippen LogP) is 1.20. The standard InChI is InChI=1S/C19H26N2O4S/c1-13(2)10-20-6-7-21(17-12-26(23,24)11-16(17)20)19(22)15-3-4-18-14(9-15)5-8-25-18/h3-4,9,13,16-17H,5-8,10-12H2,1-2H3. The number of carbonyl (C=O) groups excluding carboxylic acids is 1. The highest BCUT2D eigenvalue weighted by Gasteiger charge is 2.48. The molecular formula is C19H26N2O4S. The maximum absolute atomic E-state index is 13.2. The Balaban J connectivity index is 1.59. The van der Waals surface area contributed by atoms with Gasteiger partial charge in [-0.05, 0) is 29.7 Å². The summed E-state index contributed by atoms with van der Waals surface area (Å²) in [5.74, 6) is 1.50. The largest absolute Gasteiger partial charge is 0.493 e. The van der Waals surface area contributed by atoms with Crippen molar-refractivity contribution in [1.82, 2.24) is 9.80 Å². The van der Waals surface area contributed by atoms with Crippen molar-refractivity contribution in [2.75, 3.05) is 37.7 Å². The third-order valence-electron chi connectivity index (χ3n) is 5.59. The predicted molar refractivity (Wildman–Crippen MR) is 99.3 cm³/mol. The molecule has 0 aliphatic carbocycles. The Kier molecular flexibility index (Phi) is 4.47. The van der Waals surface area contributed by atoms with Crippen LogP contribution in [0.15, 0.2) is 18.2 Å². The fraction of sp³-hybridized carbons (Fsp3) is 0.632. The number of benzene rings is 1. The normalized spacial score (nSPS) is 27.3. The Labute approximate surface area is 155 Å². The van der Waals surface area contributed by atoms with Gasteiger partial charge in [-0.3, -0.25) is 9.69 Å². The highest BCUT2D eigenvalue weighted by atomic mass is 32.2. The van der Waals surface area contributed by atoms with Crippen LogP contribution in [-0.2, 0) is 16.3 Å². The number of nitrogens with zero attached hydrogens (tertiary/aromatic N) is 2. The Bertz CT molecular complexity index is 821. The maximum atomic E-state index is 13.2. The van der Waals surface area contributed by atoms with Crippen molar-refractivity contribution in [3.63, 3.8) is 0 Å². The second-order valence-corrected chi connectivity index (χ2v) is 10.2. The van der Waals surface area contributed by atoms with E-state index >= 15 is 0 Å². The molecule has 2 fully saturated rings. The van der Waals surface area contributed by atoms with E-state index in [-0.39, 0.29) is 29.5 Å². The minimum absolute atomic E-state index is 0.0593. The zero-order chi connectivity index (χ0) is 18.5. The molecule has 3 aliphatic heterocycles. The second-order valence-electron chi connectivity index (χ2n) is 8.02. The molecule has 0 N–H and O–H groups in total. The van der Waals surface area contributed by atoms with Gasteiger partial charge >= 0.3 is 0 Å². The number of carbonyl (C=O) groups is 1. The summed E-state index contributed by atoms with van der Waals surface area (Å²) in [6, 6.07) is 5.23. The smallest absolute Gasteiger partial charge is 0.254 e. The molecule has 1 aromatic carbocycles. The molecular weight excluding hydrogens is 352 g/mol. The number of amides is 1. The highest BCUT2D eigenvalue weighted by Crippen LogP contribution is 2.31. The Morgan fingerprint density at radius 2 is 2.00 bits per heavy atom. The van der Waals surface area contributed by atoms with Gasteiger partial charge in [0.15, 0.2) is 9.84 Å². The van der Waals surface area contributed by atoms with Gasteiger partial charge in [0.1, 0.15) is 5.75 Å². The van der Waals surface area contributed by atoms with Crippen molar-refractivity contribution in [2.45, 2.75) is 32.4 Å². The fourth-order valence-corrected chi connectivity index (χ4v) is 6.47. The number of rotatable bonds is 3. The lowest BCUT2D eigenvalue weighted by Gasteiger charge is -2.44. The van der Waals surface area contributed by atoms with Crippen LogP contribution >= 0.6 is 0 Å². The molecule has 0 spiro atoms. The van der Waals surface area contributed by atoms with Gasteiger partial charge in [0.2, 0.25) is 0 Å². The van der Waals surface area contributed by atoms with Crippen LogP contribution in [0.4, 0.5) is 0 Å². The quantitative estimate of drug-likeness (QED) is 0.791. The summed E-state index contributed by atoms with van der Waals surface area (Å²) >= 11 is 0. The van der Waals surface area contributed by atoms with Gasteiger partial charge in [-0.1, -0.05) is 13.8 Å². The van der Waals surface area contributed by atoms with Crippen LogP contribution < -0.4 is 4.74 Å². The molecule has 26 heavy (non-hydrogen) atoms. The van der Waals surface area contributed by atoms with E-state index in [1.165, 1.54) is 0 Å². The van der Waals surface area contributed by atoms with Crippen LogP contribution in [-0.4, -0.2) is 74.0 Å². The maximum Gasteiger partial charge on any atom is 0.254 e. The van der Waals surface area contributed by atoms with Crippen molar-refractivity contribution in [2.24, 2.45) is 5.92 Å². The van der Waals surface area contributed by atoms with Crippen LogP contribution in [0.2, 0.25) is 0 Å². The van der Waals surface area contributed by atoms with Crippen LogP contribution in [0.25, 0.3) is 0 Å². The van der Waals surface area contributed by atoms with Gasteiger partial charge in [-0.25, -0.2) is 8.42 Å². The van der Waals surface area contributed by atoms with Gasteiger partial charge < -0.3 is 9.64 Å². The Hall–Kier alpha value is -1.60. The van der Waals surface area contributed by atoms with E-state index in [2.05, 4.69) is 18.7 Å². The van der Waals surface area contributed by atoms with Gasteiger partial charge in [-0.2, -0.15) is 0 Å². The summed E-state index contributed by atoms with van der Waals surface area (Å²) in [6.45, 7) is 7.12. The molecule has 4 rings (SSSR count). The van der Waals surface area contributed by atoms with E-state index in [1.807, 2.05) is 12.1 Å². The molecule has 0 radical (unpaired) electrons. The Morgan fingerprint density at radius 1 is 1.23 bits per heavy atom. The average molecular weight is 378 g/mol.